The Bertz CT molecular complexity index is 1080. The molecule has 0 aliphatic heterocycles. The molecule has 2 aromatic carbocycles. The van der Waals surface area contributed by atoms with E-state index in [-0.39, 0.29) is 40.1 Å². The van der Waals surface area contributed by atoms with E-state index in [9.17, 15) is 13.2 Å². The number of ether oxygens (including phenoxy) is 3. The fourth-order valence-corrected chi connectivity index (χ4v) is 3.83. The van der Waals surface area contributed by atoms with Crippen molar-refractivity contribution in [2.75, 3.05) is 26.9 Å². The van der Waals surface area contributed by atoms with Gasteiger partial charge in [-0.05, 0) is 44.0 Å². The molecular weight excluding hydrogens is 589 g/mol. The summed E-state index contributed by atoms with van der Waals surface area (Å²) in [4.78, 5) is 5.37. The van der Waals surface area contributed by atoms with Gasteiger partial charge in [-0.25, -0.2) is 0 Å². The highest BCUT2D eigenvalue weighted by Crippen LogP contribution is 2.40. The second kappa shape index (κ2) is 14.3. The maximum absolute atomic E-state index is 12.8. The highest BCUT2D eigenvalue weighted by atomic mass is 35.5. The lowest BCUT2D eigenvalue weighted by atomic mass is 10.1. The fourth-order valence-electron chi connectivity index (χ4n) is 2.82. The Morgan fingerprint density at radius 2 is 1.53 bits per heavy atom. The lowest BCUT2D eigenvalue weighted by molar-refractivity contribution is -0.137. The summed E-state index contributed by atoms with van der Waals surface area (Å²) in [6.07, 6.45) is -2.02. The van der Waals surface area contributed by atoms with Gasteiger partial charge in [0, 0.05) is 11.6 Å². The molecule has 0 radical (unpaired) electrons. The summed E-state index contributed by atoms with van der Waals surface area (Å²) in [5.41, 5.74) is 0.110. The van der Waals surface area contributed by atoms with Gasteiger partial charge in [0.1, 0.15) is 29.2 Å². The number of unbranched alkanes of at least 4 members (excludes halogenated alkanes) is 1. The third kappa shape index (κ3) is 9.30. The average molecular weight is 610 g/mol. The minimum atomic E-state index is -4.55. The zero-order valence-corrected chi connectivity index (χ0v) is 22.8. The van der Waals surface area contributed by atoms with E-state index < -0.39 is 11.7 Å². The van der Waals surface area contributed by atoms with E-state index in [1.807, 2.05) is 0 Å². The maximum Gasteiger partial charge on any atom is 0.416 e. The number of alkyl halides is 3. The molecule has 0 amide bonds. The molecular formula is C23H21Cl5F3NO4. The highest BCUT2D eigenvalue weighted by Gasteiger charge is 2.32. The van der Waals surface area contributed by atoms with Crippen molar-refractivity contribution in [1.29, 1.82) is 0 Å². The van der Waals surface area contributed by atoms with Crippen LogP contribution < -0.4 is 14.2 Å². The first-order valence-corrected chi connectivity index (χ1v) is 12.2. The number of methoxy groups -OCH3 is 1. The van der Waals surface area contributed by atoms with Crippen molar-refractivity contribution >= 4 is 63.7 Å². The number of rotatable bonds is 12. The molecule has 0 fully saturated rings. The van der Waals surface area contributed by atoms with E-state index in [2.05, 4.69) is 5.16 Å². The van der Waals surface area contributed by atoms with Gasteiger partial charge in [0.25, 0.3) is 0 Å². The SMILES string of the molecule is COc1c(Cl)cc(OCC=C(Cl)Cl)cc1C(C)=NOCCCCOc1c(Cl)cc(C(F)(F)F)cc1Cl. The molecule has 0 N–H and O–H groups in total. The van der Waals surface area contributed by atoms with Crippen LogP contribution in [-0.2, 0) is 11.0 Å². The van der Waals surface area contributed by atoms with Crippen molar-refractivity contribution in [2.45, 2.75) is 25.9 Å². The van der Waals surface area contributed by atoms with E-state index in [0.717, 1.165) is 12.1 Å². The third-order valence-corrected chi connectivity index (χ3v) is 5.65. The molecule has 0 aliphatic rings. The van der Waals surface area contributed by atoms with Gasteiger partial charge in [0.2, 0.25) is 0 Å². The molecule has 0 saturated carbocycles. The summed E-state index contributed by atoms with van der Waals surface area (Å²) in [7, 11) is 1.48. The first kappa shape index (κ1) is 30.5. The summed E-state index contributed by atoms with van der Waals surface area (Å²) in [6, 6.07) is 4.82. The van der Waals surface area contributed by atoms with Crippen molar-refractivity contribution < 1.29 is 32.2 Å². The van der Waals surface area contributed by atoms with Gasteiger partial charge in [0.05, 0.1) is 40.1 Å². The molecule has 13 heteroatoms. The molecule has 0 bridgehead atoms. The Balaban J connectivity index is 1.89. The van der Waals surface area contributed by atoms with E-state index in [1.54, 1.807) is 19.1 Å². The summed E-state index contributed by atoms with van der Waals surface area (Å²) >= 11 is 29.2. The normalized spacial score (nSPS) is 11.8. The second-order valence-corrected chi connectivity index (χ2v) is 9.35. The smallest absolute Gasteiger partial charge is 0.416 e. The van der Waals surface area contributed by atoms with Crippen molar-refractivity contribution in [2.24, 2.45) is 5.16 Å². The number of benzene rings is 2. The number of halogens is 8. The number of nitrogens with zero attached hydrogens (tertiary/aromatic N) is 1. The minimum absolute atomic E-state index is 0.00370. The quantitative estimate of drug-likeness (QED) is 0.137. The van der Waals surface area contributed by atoms with Gasteiger partial charge in [-0.1, -0.05) is 63.2 Å². The number of hydrogen-bond acceptors (Lipinski definition) is 5. The Hall–Kier alpha value is -1.71. The molecule has 36 heavy (non-hydrogen) atoms. The Labute approximate surface area is 231 Å². The summed E-state index contributed by atoms with van der Waals surface area (Å²) in [5.74, 6) is 0.850. The molecule has 0 atom stereocenters. The summed E-state index contributed by atoms with van der Waals surface area (Å²) in [6.45, 7) is 2.27. The van der Waals surface area contributed by atoms with Gasteiger partial charge in [-0.3, -0.25) is 0 Å². The number of oxime groups is 1. The fraction of sp³-hybridized carbons (Fsp3) is 0.348. The molecule has 0 spiro atoms. The maximum atomic E-state index is 12.8. The Kier molecular flexibility index (Phi) is 12.1. The van der Waals surface area contributed by atoms with Crippen LogP contribution in [0.2, 0.25) is 15.1 Å². The first-order chi connectivity index (χ1) is 16.9. The van der Waals surface area contributed by atoms with E-state index in [4.69, 9.17) is 77.1 Å². The molecule has 5 nitrogen and oxygen atoms in total. The zero-order chi connectivity index (χ0) is 26.9. The molecule has 0 aromatic heterocycles. The lowest BCUT2D eigenvalue weighted by Crippen LogP contribution is -2.06. The van der Waals surface area contributed by atoms with Gasteiger partial charge >= 0.3 is 6.18 Å². The standard InChI is InChI=1S/C23H21Cl5F3NO4/c1-13(16-11-15(34-8-5-20(27)28)12-19(26)21(16)33-2)32-36-7-4-3-6-35-22-17(24)9-14(10-18(22)25)23(29,30)31/h5,9-12H,3-4,6-8H2,1-2H3. The predicted molar refractivity (Wildman–Crippen MR) is 138 cm³/mol. The monoisotopic (exact) mass is 607 g/mol. The topological polar surface area (TPSA) is 49.3 Å². The van der Waals surface area contributed by atoms with Crippen LogP contribution in [-0.4, -0.2) is 32.6 Å². The molecule has 2 aromatic rings. The molecule has 0 heterocycles. The van der Waals surface area contributed by atoms with Crippen molar-refractivity contribution in [3.63, 3.8) is 0 Å². The van der Waals surface area contributed by atoms with E-state index in [1.165, 1.54) is 13.2 Å². The molecule has 0 aliphatic carbocycles. The first-order valence-electron chi connectivity index (χ1n) is 10.3. The van der Waals surface area contributed by atoms with Gasteiger partial charge in [-0.15, -0.1) is 0 Å². The zero-order valence-electron chi connectivity index (χ0n) is 19.0. The molecule has 2 rings (SSSR count). The molecule has 198 valence electrons. The summed E-state index contributed by atoms with van der Waals surface area (Å²) in [5, 5.41) is 3.98. The van der Waals surface area contributed by atoms with Gasteiger partial charge in [0.15, 0.2) is 5.75 Å². The van der Waals surface area contributed by atoms with Crippen LogP contribution in [0.4, 0.5) is 13.2 Å². The average Bonchev–Trinajstić information content (AvgIpc) is 2.78. The van der Waals surface area contributed by atoms with Crippen LogP contribution >= 0.6 is 58.0 Å². The largest absolute Gasteiger partial charge is 0.494 e. The van der Waals surface area contributed by atoms with Crippen LogP contribution in [0.5, 0.6) is 17.2 Å². The van der Waals surface area contributed by atoms with Crippen LogP contribution in [0.25, 0.3) is 0 Å². The van der Waals surface area contributed by atoms with Crippen molar-refractivity contribution in [3.05, 3.63) is 61.0 Å². The van der Waals surface area contributed by atoms with Crippen molar-refractivity contribution in [3.8, 4) is 17.2 Å². The van der Waals surface area contributed by atoms with Crippen LogP contribution in [0, 0.1) is 0 Å². The van der Waals surface area contributed by atoms with E-state index >= 15 is 0 Å². The molecule has 0 unspecified atom stereocenters. The Morgan fingerprint density at radius 1 is 0.917 bits per heavy atom. The summed E-state index contributed by atoms with van der Waals surface area (Å²) < 4.78 is 54.9. The van der Waals surface area contributed by atoms with Crippen LogP contribution in [0.1, 0.15) is 30.9 Å². The van der Waals surface area contributed by atoms with Crippen molar-refractivity contribution in [1.82, 2.24) is 0 Å². The molecule has 0 saturated heterocycles. The highest BCUT2D eigenvalue weighted by molar-refractivity contribution is 6.55. The van der Waals surface area contributed by atoms with E-state index in [0.29, 0.717) is 40.6 Å². The second-order valence-electron chi connectivity index (χ2n) is 7.12. The van der Waals surface area contributed by atoms with Crippen LogP contribution in [0.15, 0.2) is 40.0 Å². The van der Waals surface area contributed by atoms with Gasteiger partial charge < -0.3 is 19.0 Å². The minimum Gasteiger partial charge on any atom is -0.494 e. The third-order valence-electron chi connectivity index (χ3n) is 4.50. The van der Waals surface area contributed by atoms with Gasteiger partial charge in [-0.2, -0.15) is 13.2 Å². The van der Waals surface area contributed by atoms with Crippen LogP contribution in [0.3, 0.4) is 0 Å². The lowest BCUT2D eigenvalue weighted by Gasteiger charge is -2.13. The number of hydrogen-bond donors (Lipinski definition) is 0. The Morgan fingerprint density at radius 3 is 2.11 bits per heavy atom. The predicted octanol–water partition coefficient (Wildman–Crippen LogP) is 8.97.